The van der Waals surface area contributed by atoms with Crippen molar-refractivity contribution in [3.63, 3.8) is 0 Å². The predicted molar refractivity (Wildman–Crippen MR) is 96.8 cm³/mol. The summed E-state index contributed by atoms with van der Waals surface area (Å²) in [4.78, 5) is 6.98. The van der Waals surface area contributed by atoms with Crippen molar-refractivity contribution in [3.05, 3.63) is 54.1 Å². The zero-order chi connectivity index (χ0) is 16.4. The third-order valence-corrected chi connectivity index (χ3v) is 4.58. The van der Waals surface area contributed by atoms with Gasteiger partial charge in [0.2, 0.25) is 0 Å². The van der Waals surface area contributed by atoms with Crippen molar-refractivity contribution in [1.82, 2.24) is 9.88 Å². The lowest BCUT2D eigenvalue weighted by Gasteiger charge is -2.32. The summed E-state index contributed by atoms with van der Waals surface area (Å²) in [5.74, 6) is 0. The number of nitrogens with one attached hydrogen (secondary N) is 1. The summed E-state index contributed by atoms with van der Waals surface area (Å²) in [5, 5.41) is 3.43. The zero-order valence-corrected chi connectivity index (χ0v) is 13.6. The summed E-state index contributed by atoms with van der Waals surface area (Å²) in [6.07, 6.45) is 2.18. The van der Waals surface area contributed by atoms with E-state index in [9.17, 15) is 0 Å². The molecule has 2 aromatic carbocycles. The Kier molecular flexibility index (Phi) is 4.09. The van der Waals surface area contributed by atoms with Crippen LogP contribution in [0.1, 0.15) is 18.4 Å². The molecule has 1 saturated heterocycles. The molecule has 124 valence electrons. The quantitative estimate of drug-likeness (QED) is 0.720. The van der Waals surface area contributed by atoms with Gasteiger partial charge in [-0.2, -0.15) is 4.98 Å². The average molecular weight is 322 g/mol. The van der Waals surface area contributed by atoms with Crippen LogP contribution in [0.25, 0.3) is 11.1 Å². The van der Waals surface area contributed by atoms with E-state index in [4.69, 9.17) is 10.2 Å². The summed E-state index contributed by atoms with van der Waals surface area (Å²) < 4.78 is 5.76. The molecule has 0 aliphatic carbocycles. The van der Waals surface area contributed by atoms with Gasteiger partial charge in [-0.05, 0) is 36.6 Å². The Morgan fingerprint density at radius 3 is 2.71 bits per heavy atom. The predicted octanol–water partition coefficient (Wildman–Crippen LogP) is 3.49. The summed E-state index contributed by atoms with van der Waals surface area (Å²) >= 11 is 0. The Bertz CT molecular complexity index is 807. The summed E-state index contributed by atoms with van der Waals surface area (Å²) in [7, 11) is 0. The third-order valence-electron chi connectivity index (χ3n) is 4.58. The summed E-state index contributed by atoms with van der Waals surface area (Å²) in [6.45, 7) is 3.19. The number of hydrogen-bond donors (Lipinski definition) is 2. The first-order valence-corrected chi connectivity index (χ1v) is 8.45. The minimum Gasteiger partial charge on any atom is -0.424 e. The van der Waals surface area contributed by atoms with Crippen molar-refractivity contribution in [2.45, 2.75) is 25.4 Å². The molecule has 1 aliphatic rings. The number of nitrogens with zero attached hydrogens (tertiary/aromatic N) is 2. The molecule has 24 heavy (non-hydrogen) atoms. The SMILES string of the molecule is Nc1ccc2oc(NC3CCN(Cc4ccccc4)CC3)nc2c1. The topological polar surface area (TPSA) is 67.3 Å². The fraction of sp³-hybridized carbons (Fsp3) is 0.316. The fourth-order valence-electron chi connectivity index (χ4n) is 3.26. The Morgan fingerprint density at radius 1 is 1.12 bits per heavy atom. The van der Waals surface area contributed by atoms with Gasteiger partial charge in [0.1, 0.15) is 5.52 Å². The Balaban J connectivity index is 1.34. The molecule has 5 nitrogen and oxygen atoms in total. The van der Waals surface area contributed by atoms with Gasteiger partial charge in [0.25, 0.3) is 6.01 Å². The number of aromatic nitrogens is 1. The van der Waals surface area contributed by atoms with Gasteiger partial charge in [-0.15, -0.1) is 0 Å². The Morgan fingerprint density at radius 2 is 1.92 bits per heavy atom. The van der Waals surface area contributed by atoms with Crippen LogP contribution in [-0.4, -0.2) is 29.0 Å². The standard InChI is InChI=1S/C19H22N4O/c20-15-6-7-18-17(12-15)22-19(24-18)21-16-8-10-23(11-9-16)13-14-4-2-1-3-5-14/h1-7,12,16H,8-11,13,20H2,(H,21,22). The van der Waals surface area contributed by atoms with Gasteiger partial charge in [0.05, 0.1) is 0 Å². The van der Waals surface area contributed by atoms with E-state index < -0.39 is 0 Å². The first kappa shape index (κ1) is 15.0. The highest BCUT2D eigenvalue weighted by atomic mass is 16.4. The molecule has 1 aliphatic heterocycles. The van der Waals surface area contributed by atoms with Gasteiger partial charge in [0.15, 0.2) is 5.58 Å². The first-order chi connectivity index (χ1) is 11.8. The van der Waals surface area contributed by atoms with E-state index >= 15 is 0 Å². The monoisotopic (exact) mass is 322 g/mol. The van der Waals surface area contributed by atoms with Crippen molar-refractivity contribution in [1.29, 1.82) is 0 Å². The maximum absolute atomic E-state index is 5.79. The molecule has 1 aromatic heterocycles. The summed E-state index contributed by atoms with van der Waals surface area (Å²) in [6, 6.07) is 17.2. The van der Waals surface area contributed by atoms with Crippen LogP contribution in [0.3, 0.4) is 0 Å². The first-order valence-electron chi connectivity index (χ1n) is 8.45. The van der Waals surface area contributed by atoms with Crippen molar-refractivity contribution >= 4 is 22.8 Å². The minimum absolute atomic E-state index is 0.405. The number of benzene rings is 2. The van der Waals surface area contributed by atoms with Crippen LogP contribution in [0.15, 0.2) is 52.9 Å². The second-order valence-corrected chi connectivity index (χ2v) is 6.43. The van der Waals surface area contributed by atoms with Gasteiger partial charge < -0.3 is 15.5 Å². The molecule has 2 heterocycles. The second-order valence-electron chi connectivity index (χ2n) is 6.43. The highest BCUT2D eigenvalue weighted by molar-refractivity contribution is 5.78. The molecule has 0 radical (unpaired) electrons. The normalized spacial score (nSPS) is 16.5. The van der Waals surface area contributed by atoms with E-state index in [2.05, 4.69) is 45.5 Å². The van der Waals surface area contributed by atoms with E-state index in [1.165, 1.54) is 5.56 Å². The van der Waals surface area contributed by atoms with Crippen molar-refractivity contribution in [2.24, 2.45) is 0 Å². The number of nitrogen functional groups attached to an aromatic ring is 1. The molecular formula is C19H22N4O. The van der Waals surface area contributed by atoms with Crippen molar-refractivity contribution in [2.75, 3.05) is 24.1 Å². The van der Waals surface area contributed by atoms with Crippen LogP contribution in [0.2, 0.25) is 0 Å². The average Bonchev–Trinajstić information content (AvgIpc) is 2.99. The molecule has 4 rings (SSSR count). The number of likely N-dealkylation sites (tertiary alicyclic amines) is 1. The number of hydrogen-bond acceptors (Lipinski definition) is 5. The molecule has 0 amide bonds. The number of piperidine rings is 1. The highest BCUT2D eigenvalue weighted by Crippen LogP contribution is 2.23. The number of oxazole rings is 1. The van der Waals surface area contributed by atoms with Crippen LogP contribution in [0, 0.1) is 0 Å². The van der Waals surface area contributed by atoms with Gasteiger partial charge in [-0.25, -0.2) is 0 Å². The lowest BCUT2D eigenvalue weighted by Crippen LogP contribution is -2.38. The molecule has 0 bridgehead atoms. The van der Waals surface area contributed by atoms with Gasteiger partial charge in [-0.3, -0.25) is 4.90 Å². The maximum atomic E-state index is 5.79. The Hall–Kier alpha value is -2.53. The molecule has 0 spiro atoms. The number of anilines is 2. The van der Waals surface area contributed by atoms with E-state index in [1.54, 1.807) is 0 Å². The van der Waals surface area contributed by atoms with Crippen molar-refractivity contribution in [3.8, 4) is 0 Å². The van der Waals surface area contributed by atoms with Gasteiger partial charge in [0, 0.05) is 31.4 Å². The van der Waals surface area contributed by atoms with Gasteiger partial charge >= 0.3 is 0 Å². The third kappa shape index (κ3) is 3.36. The lowest BCUT2D eigenvalue weighted by atomic mass is 10.0. The lowest BCUT2D eigenvalue weighted by molar-refractivity contribution is 0.210. The Labute approximate surface area is 141 Å². The molecule has 0 atom stereocenters. The largest absolute Gasteiger partial charge is 0.424 e. The molecule has 3 aromatic rings. The molecule has 1 fully saturated rings. The zero-order valence-electron chi connectivity index (χ0n) is 13.6. The number of nitrogens with two attached hydrogens (primary N) is 1. The highest BCUT2D eigenvalue weighted by Gasteiger charge is 2.20. The molecule has 5 heteroatoms. The number of fused-ring (bicyclic) bond motifs is 1. The fourth-order valence-corrected chi connectivity index (χ4v) is 3.26. The van der Waals surface area contributed by atoms with E-state index in [1.807, 2.05) is 18.2 Å². The molecule has 0 saturated carbocycles. The maximum Gasteiger partial charge on any atom is 0.295 e. The van der Waals surface area contributed by atoms with E-state index in [0.29, 0.717) is 17.7 Å². The van der Waals surface area contributed by atoms with Gasteiger partial charge in [-0.1, -0.05) is 30.3 Å². The van der Waals surface area contributed by atoms with Crippen LogP contribution in [-0.2, 0) is 6.54 Å². The van der Waals surface area contributed by atoms with Crippen LogP contribution in [0.4, 0.5) is 11.7 Å². The minimum atomic E-state index is 0.405. The van der Waals surface area contributed by atoms with Crippen LogP contribution in [0.5, 0.6) is 0 Å². The van der Waals surface area contributed by atoms with Crippen LogP contribution < -0.4 is 11.1 Å². The smallest absolute Gasteiger partial charge is 0.295 e. The molecular weight excluding hydrogens is 300 g/mol. The van der Waals surface area contributed by atoms with E-state index in [-0.39, 0.29) is 0 Å². The van der Waals surface area contributed by atoms with Crippen molar-refractivity contribution < 1.29 is 4.42 Å². The summed E-state index contributed by atoms with van der Waals surface area (Å²) in [5.41, 5.74) is 9.45. The number of rotatable bonds is 4. The second kappa shape index (κ2) is 6.53. The van der Waals surface area contributed by atoms with E-state index in [0.717, 1.165) is 43.6 Å². The molecule has 3 N–H and O–H groups in total. The molecule has 0 unspecified atom stereocenters. The van der Waals surface area contributed by atoms with Crippen LogP contribution >= 0.6 is 0 Å².